The molecule has 0 saturated heterocycles. The molecule has 0 aliphatic carbocycles. The summed E-state index contributed by atoms with van der Waals surface area (Å²) < 4.78 is 0. The van der Waals surface area contributed by atoms with E-state index in [1.165, 1.54) is 5.01 Å². The lowest BCUT2D eigenvalue weighted by Gasteiger charge is -2.12. The van der Waals surface area contributed by atoms with Crippen LogP contribution in [0.3, 0.4) is 0 Å². The zero-order valence-corrected chi connectivity index (χ0v) is 17.2. The van der Waals surface area contributed by atoms with Gasteiger partial charge < -0.3 is 16.0 Å². The molecule has 2 rings (SSSR count). The summed E-state index contributed by atoms with van der Waals surface area (Å²) in [6.07, 6.45) is 4.06. The van der Waals surface area contributed by atoms with E-state index in [9.17, 15) is 4.79 Å². The Morgan fingerprint density at radius 3 is 2.70 bits per heavy atom. The summed E-state index contributed by atoms with van der Waals surface area (Å²) in [5.74, 6) is 0.748. The molecule has 27 heavy (non-hydrogen) atoms. The Bertz CT molecular complexity index is 756. The number of rotatable bonds is 9. The van der Waals surface area contributed by atoms with Gasteiger partial charge >= 0.3 is 0 Å². The van der Waals surface area contributed by atoms with Crippen LogP contribution in [0.5, 0.6) is 0 Å². The summed E-state index contributed by atoms with van der Waals surface area (Å²) in [6.45, 7) is 3.68. The van der Waals surface area contributed by atoms with Crippen LogP contribution in [0.15, 0.2) is 34.6 Å². The fourth-order valence-corrected chi connectivity index (χ4v) is 3.50. The number of guanidine groups is 1. The van der Waals surface area contributed by atoms with Crippen LogP contribution in [0.25, 0.3) is 0 Å². The van der Waals surface area contributed by atoms with Gasteiger partial charge in [-0.1, -0.05) is 12.1 Å². The van der Waals surface area contributed by atoms with Gasteiger partial charge in [-0.3, -0.25) is 9.79 Å². The molecule has 1 aromatic heterocycles. The first-order valence-electron chi connectivity index (χ1n) is 9.29. The molecule has 0 aliphatic heterocycles. The van der Waals surface area contributed by atoms with Gasteiger partial charge in [0, 0.05) is 43.8 Å². The summed E-state index contributed by atoms with van der Waals surface area (Å²) >= 11 is 1.74. The van der Waals surface area contributed by atoms with E-state index in [2.05, 4.69) is 31.3 Å². The molecule has 3 N–H and O–H groups in total. The Kier molecular flexibility index (Phi) is 8.77. The van der Waals surface area contributed by atoms with Crippen molar-refractivity contribution in [3.8, 4) is 0 Å². The average Bonchev–Trinajstić information content (AvgIpc) is 3.11. The number of amides is 1. The van der Waals surface area contributed by atoms with Gasteiger partial charge in [0.15, 0.2) is 5.96 Å². The summed E-state index contributed by atoms with van der Waals surface area (Å²) in [6, 6.07) is 7.70. The van der Waals surface area contributed by atoms with Gasteiger partial charge in [0.05, 0.1) is 5.01 Å². The third kappa shape index (κ3) is 7.38. The smallest absolute Gasteiger partial charge is 0.251 e. The highest BCUT2D eigenvalue weighted by molar-refractivity contribution is 7.09. The van der Waals surface area contributed by atoms with E-state index in [1.807, 2.05) is 31.2 Å². The van der Waals surface area contributed by atoms with Crippen LogP contribution in [0.4, 0.5) is 0 Å². The third-order valence-electron chi connectivity index (χ3n) is 4.12. The fraction of sp³-hybridized carbons (Fsp3) is 0.450. The number of thiazole rings is 1. The SMILES string of the molecule is CN=C(NCCCCc1nc(C)cs1)NCCc1cccc(C(=O)NC)c1. The predicted molar refractivity (Wildman–Crippen MR) is 113 cm³/mol. The van der Waals surface area contributed by atoms with Crippen molar-refractivity contribution in [2.75, 3.05) is 27.2 Å². The molecule has 0 unspecified atom stereocenters. The van der Waals surface area contributed by atoms with Crippen LogP contribution in [0, 0.1) is 6.92 Å². The monoisotopic (exact) mass is 387 g/mol. The van der Waals surface area contributed by atoms with Crippen molar-refractivity contribution in [1.29, 1.82) is 0 Å². The molecule has 0 spiro atoms. The van der Waals surface area contributed by atoms with E-state index in [4.69, 9.17) is 0 Å². The highest BCUT2D eigenvalue weighted by atomic mass is 32.1. The number of nitrogens with one attached hydrogen (secondary N) is 3. The van der Waals surface area contributed by atoms with Gasteiger partial charge in [-0.05, 0) is 50.3 Å². The number of carbonyl (C=O) groups excluding carboxylic acids is 1. The largest absolute Gasteiger partial charge is 0.356 e. The number of hydrogen-bond acceptors (Lipinski definition) is 4. The second-order valence-electron chi connectivity index (χ2n) is 6.30. The van der Waals surface area contributed by atoms with Crippen molar-refractivity contribution in [3.05, 3.63) is 51.5 Å². The Balaban J connectivity index is 1.64. The number of carbonyl (C=O) groups is 1. The van der Waals surface area contributed by atoms with Crippen molar-refractivity contribution in [3.63, 3.8) is 0 Å². The number of hydrogen-bond donors (Lipinski definition) is 3. The van der Waals surface area contributed by atoms with Crippen molar-refractivity contribution in [1.82, 2.24) is 20.9 Å². The van der Waals surface area contributed by atoms with Crippen LogP contribution in [0.1, 0.15) is 39.5 Å². The van der Waals surface area contributed by atoms with E-state index >= 15 is 0 Å². The van der Waals surface area contributed by atoms with Crippen molar-refractivity contribution in [2.45, 2.75) is 32.6 Å². The molecular weight excluding hydrogens is 358 g/mol. The first kappa shape index (κ1) is 20.9. The van der Waals surface area contributed by atoms with Crippen LogP contribution in [-0.2, 0) is 12.8 Å². The fourth-order valence-electron chi connectivity index (χ4n) is 2.68. The molecule has 0 radical (unpaired) electrons. The van der Waals surface area contributed by atoms with Gasteiger partial charge in [0.25, 0.3) is 5.91 Å². The quantitative estimate of drug-likeness (QED) is 0.351. The first-order valence-corrected chi connectivity index (χ1v) is 10.2. The van der Waals surface area contributed by atoms with E-state index in [0.717, 1.165) is 56.0 Å². The maximum Gasteiger partial charge on any atom is 0.251 e. The highest BCUT2D eigenvalue weighted by Gasteiger charge is 2.04. The molecule has 0 aliphatic rings. The second kappa shape index (κ2) is 11.3. The molecule has 1 amide bonds. The highest BCUT2D eigenvalue weighted by Crippen LogP contribution is 2.11. The summed E-state index contributed by atoms with van der Waals surface area (Å²) in [5.41, 5.74) is 2.92. The van der Waals surface area contributed by atoms with Crippen LogP contribution >= 0.6 is 11.3 Å². The normalized spacial score (nSPS) is 11.3. The van der Waals surface area contributed by atoms with Crippen LogP contribution < -0.4 is 16.0 Å². The minimum absolute atomic E-state index is 0.0600. The Hall–Kier alpha value is -2.41. The average molecular weight is 388 g/mol. The lowest BCUT2D eigenvalue weighted by atomic mass is 10.1. The number of aryl methyl sites for hydroxylation is 2. The zero-order valence-electron chi connectivity index (χ0n) is 16.3. The maximum absolute atomic E-state index is 11.7. The molecule has 1 heterocycles. The number of unbranched alkanes of at least 4 members (excludes halogenated alkanes) is 1. The lowest BCUT2D eigenvalue weighted by Crippen LogP contribution is -2.38. The minimum Gasteiger partial charge on any atom is -0.356 e. The minimum atomic E-state index is -0.0600. The first-order chi connectivity index (χ1) is 13.1. The predicted octanol–water partition coefficient (Wildman–Crippen LogP) is 2.54. The van der Waals surface area contributed by atoms with Crippen LogP contribution in [-0.4, -0.2) is 44.0 Å². The van der Waals surface area contributed by atoms with Gasteiger partial charge in [0.1, 0.15) is 0 Å². The number of aromatic nitrogens is 1. The Labute approximate surface area is 165 Å². The van der Waals surface area contributed by atoms with Gasteiger partial charge in [-0.15, -0.1) is 11.3 Å². The molecule has 0 atom stereocenters. The molecule has 0 bridgehead atoms. The number of benzene rings is 1. The van der Waals surface area contributed by atoms with E-state index in [1.54, 1.807) is 25.4 Å². The van der Waals surface area contributed by atoms with Crippen LogP contribution in [0.2, 0.25) is 0 Å². The van der Waals surface area contributed by atoms with E-state index in [-0.39, 0.29) is 5.91 Å². The van der Waals surface area contributed by atoms with Gasteiger partial charge in [-0.25, -0.2) is 4.98 Å². The van der Waals surface area contributed by atoms with Gasteiger partial charge in [-0.2, -0.15) is 0 Å². The van der Waals surface area contributed by atoms with Crippen molar-refractivity contribution in [2.24, 2.45) is 4.99 Å². The molecule has 7 heteroatoms. The Morgan fingerprint density at radius 2 is 2.00 bits per heavy atom. The lowest BCUT2D eigenvalue weighted by molar-refractivity contribution is 0.0963. The third-order valence-corrected chi connectivity index (χ3v) is 5.15. The van der Waals surface area contributed by atoms with Gasteiger partial charge in [0.2, 0.25) is 0 Å². The molecule has 1 aromatic carbocycles. The topological polar surface area (TPSA) is 78.4 Å². The van der Waals surface area contributed by atoms with E-state index in [0.29, 0.717) is 5.56 Å². The Morgan fingerprint density at radius 1 is 1.19 bits per heavy atom. The zero-order chi connectivity index (χ0) is 19.5. The molecule has 146 valence electrons. The van der Waals surface area contributed by atoms with E-state index < -0.39 is 0 Å². The molecule has 6 nitrogen and oxygen atoms in total. The molecule has 2 aromatic rings. The summed E-state index contributed by atoms with van der Waals surface area (Å²) in [4.78, 5) is 20.4. The second-order valence-corrected chi connectivity index (χ2v) is 7.24. The number of aliphatic imine (C=N–C) groups is 1. The maximum atomic E-state index is 11.7. The van der Waals surface area contributed by atoms with Crippen molar-refractivity contribution >= 4 is 23.2 Å². The summed E-state index contributed by atoms with van der Waals surface area (Å²) in [7, 11) is 3.42. The number of nitrogens with zero attached hydrogens (tertiary/aromatic N) is 2. The summed E-state index contributed by atoms with van der Waals surface area (Å²) in [5, 5.41) is 12.6. The standard InChI is InChI=1S/C20H29N5OS/c1-15-14-27-18(25-15)9-4-5-11-23-20(22-3)24-12-10-16-7-6-8-17(13-16)19(26)21-2/h6-8,13-14H,4-5,9-12H2,1-3H3,(H,21,26)(H2,22,23,24). The molecule has 0 saturated carbocycles. The molecule has 0 fully saturated rings. The molecular formula is C20H29N5OS. The van der Waals surface area contributed by atoms with Crippen molar-refractivity contribution < 1.29 is 4.79 Å².